The highest BCUT2D eigenvalue weighted by Crippen LogP contribution is 2.23. The molecule has 0 bridgehead atoms. The van der Waals surface area contributed by atoms with Crippen LogP contribution in [0.5, 0.6) is 0 Å². The molecule has 1 N–H and O–H groups in total. The Morgan fingerprint density at radius 1 is 1.45 bits per heavy atom. The van der Waals surface area contributed by atoms with Crippen molar-refractivity contribution < 1.29 is 0 Å². The van der Waals surface area contributed by atoms with E-state index in [1.54, 1.807) is 0 Å². The van der Waals surface area contributed by atoms with Crippen molar-refractivity contribution in [3.05, 3.63) is 0 Å². The van der Waals surface area contributed by atoms with Crippen molar-refractivity contribution in [2.75, 3.05) is 13.1 Å². The first kappa shape index (κ1) is 9.05. The van der Waals surface area contributed by atoms with Gasteiger partial charge in [0.1, 0.15) is 0 Å². The molecule has 0 saturated carbocycles. The van der Waals surface area contributed by atoms with Gasteiger partial charge < -0.3 is 5.32 Å². The summed E-state index contributed by atoms with van der Waals surface area (Å²) in [6, 6.07) is 0. The highest BCUT2D eigenvalue weighted by molar-refractivity contribution is 4.74. The van der Waals surface area contributed by atoms with Crippen molar-refractivity contribution in [2.45, 2.75) is 39.5 Å². The van der Waals surface area contributed by atoms with Gasteiger partial charge in [-0.25, -0.2) is 0 Å². The van der Waals surface area contributed by atoms with E-state index in [1.807, 2.05) is 0 Å². The molecule has 0 aromatic rings. The monoisotopic (exact) mass is 155 g/mol. The van der Waals surface area contributed by atoms with Gasteiger partial charge in [-0.05, 0) is 37.8 Å². The standard InChI is InChI=1S/C10H21N/c1-3-4-5-10-8-11-7-6-9(10)2/h9-11H,3-8H2,1-2H3/t9-,10?/m0/s1. The number of unbranched alkanes of at least 4 members (excludes halogenated alkanes) is 1. The van der Waals surface area contributed by atoms with Crippen LogP contribution in [0.2, 0.25) is 0 Å². The molecule has 1 heterocycles. The van der Waals surface area contributed by atoms with Gasteiger partial charge in [0.2, 0.25) is 0 Å². The van der Waals surface area contributed by atoms with Crippen LogP contribution in [0.15, 0.2) is 0 Å². The van der Waals surface area contributed by atoms with Crippen molar-refractivity contribution in [1.29, 1.82) is 0 Å². The van der Waals surface area contributed by atoms with Crippen LogP contribution in [-0.4, -0.2) is 13.1 Å². The summed E-state index contributed by atoms with van der Waals surface area (Å²) in [4.78, 5) is 0. The van der Waals surface area contributed by atoms with Gasteiger partial charge >= 0.3 is 0 Å². The zero-order valence-corrected chi connectivity index (χ0v) is 7.90. The van der Waals surface area contributed by atoms with Gasteiger partial charge in [0.15, 0.2) is 0 Å². The molecule has 0 aromatic heterocycles. The molecule has 1 aliphatic heterocycles. The molecular weight excluding hydrogens is 134 g/mol. The van der Waals surface area contributed by atoms with Gasteiger partial charge in [0.05, 0.1) is 0 Å². The van der Waals surface area contributed by atoms with E-state index in [9.17, 15) is 0 Å². The lowest BCUT2D eigenvalue weighted by atomic mass is 9.84. The Balaban J connectivity index is 2.18. The Labute approximate surface area is 70.6 Å². The first-order valence-corrected chi connectivity index (χ1v) is 5.05. The third-order valence-corrected chi connectivity index (χ3v) is 2.92. The molecule has 0 amide bonds. The summed E-state index contributed by atoms with van der Waals surface area (Å²) in [6.07, 6.45) is 5.58. The van der Waals surface area contributed by atoms with Crippen molar-refractivity contribution >= 4 is 0 Å². The first-order chi connectivity index (χ1) is 5.34. The minimum Gasteiger partial charge on any atom is -0.316 e. The van der Waals surface area contributed by atoms with Gasteiger partial charge in [-0.2, -0.15) is 0 Å². The van der Waals surface area contributed by atoms with E-state index in [0.717, 1.165) is 11.8 Å². The van der Waals surface area contributed by atoms with Crippen LogP contribution in [0.3, 0.4) is 0 Å². The molecule has 1 nitrogen and oxygen atoms in total. The zero-order valence-electron chi connectivity index (χ0n) is 7.90. The summed E-state index contributed by atoms with van der Waals surface area (Å²) in [6.45, 7) is 7.19. The molecule has 1 rings (SSSR count). The fourth-order valence-electron chi connectivity index (χ4n) is 1.91. The number of hydrogen-bond donors (Lipinski definition) is 1. The lowest BCUT2D eigenvalue weighted by Gasteiger charge is -2.29. The molecule has 0 spiro atoms. The molecule has 2 atom stereocenters. The van der Waals surface area contributed by atoms with Crippen LogP contribution in [0.4, 0.5) is 0 Å². The number of piperidine rings is 1. The Kier molecular flexibility index (Phi) is 3.92. The highest BCUT2D eigenvalue weighted by atomic mass is 14.9. The summed E-state index contributed by atoms with van der Waals surface area (Å²) in [5, 5.41) is 3.47. The predicted octanol–water partition coefficient (Wildman–Crippen LogP) is 2.42. The van der Waals surface area contributed by atoms with Crippen LogP contribution in [0, 0.1) is 11.8 Å². The SMILES string of the molecule is CCCCC1CNCC[C@@H]1C. The summed E-state index contributed by atoms with van der Waals surface area (Å²) in [5.74, 6) is 1.92. The third kappa shape index (κ3) is 2.82. The topological polar surface area (TPSA) is 12.0 Å². The average molecular weight is 155 g/mol. The van der Waals surface area contributed by atoms with E-state index < -0.39 is 0 Å². The third-order valence-electron chi connectivity index (χ3n) is 2.92. The van der Waals surface area contributed by atoms with E-state index in [4.69, 9.17) is 0 Å². The molecule has 11 heavy (non-hydrogen) atoms. The number of rotatable bonds is 3. The summed E-state index contributed by atoms with van der Waals surface area (Å²) < 4.78 is 0. The van der Waals surface area contributed by atoms with E-state index in [2.05, 4.69) is 19.2 Å². The highest BCUT2D eigenvalue weighted by Gasteiger charge is 2.19. The summed E-state index contributed by atoms with van der Waals surface area (Å²) in [7, 11) is 0. The molecule has 0 radical (unpaired) electrons. The molecule has 1 saturated heterocycles. The zero-order chi connectivity index (χ0) is 8.10. The quantitative estimate of drug-likeness (QED) is 0.660. The van der Waals surface area contributed by atoms with E-state index in [1.165, 1.54) is 38.8 Å². The lowest BCUT2D eigenvalue weighted by Crippen LogP contribution is -2.35. The molecule has 0 aromatic carbocycles. The maximum absolute atomic E-state index is 3.47. The van der Waals surface area contributed by atoms with Crippen molar-refractivity contribution in [3.63, 3.8) is 0 Å². The van der Waals surface area contributed by atoms with Gasteiger partial charge in [0, 0.05) is 0 Å². The maximum Gasteiger partial charge on any atom is -0.00180 e. The minimum absolute atomic E-state index is 0.961. The smallest absolute Gasteiger partial charge is 0.00180 e. The first-order valence-electron chi connectivity index (χ1n) is 5.05. The minimum atomic E-state index is 0.961. The van der Waals surface area contributed by atoms with Gasteiger partial charge in [-0.1, -0.05) is 26.7 Å². The molecule has 1 unspecified atom stereocenters. The van der Waals surface area contributed by atoms with Gasteiger partial charge in [-0.15, -0.1) is 0 Å². The van der Waals surface area contributed by atoms with E-state index in [0.29, 0.717) is 0 Å². The number of nitrogens with one attached hydrogen (secondary N) is 1. The molecule has 1 aliphatic rings. The maximum atomic E-state index is 3.47. The Hall–Kier alpha value is -0.0400. The Bertz CT molecular complexity index is 101. The predicted molar refractivity (Wildman–Crippen MR) is 49.7 cm³/mol. The largest absolute Gasteiger partial charge is 0.316 e. The second-order valence-corrected chi connectivity index (χ2v) is 3.87. The molecule has 66 valence electrons. The van der Waals surface area contributed by atoms with Crippen LogP contribution >= 0.6 is 0 Å². The molecule has 1 heteroatoms. The van der Waals surface area contributed by atoms with Gasteiger partial charge in [0.25, 0.3) is 0 Å². The second-order valence-electron chi connectivity index (χ2n) is 3.87. The van der Waals surface area contributed by atoms with Gasteiger partial charge in [-0.3, -0.25) is 0 Å². The second kappa shape index (κ2) is 4.76. The van der Waals surface area contributed by atoms with Crippen LogP contribution in [0.25, 0.3) is 0 Å². The fraction of sp³-hybridized carbons (Fsp3) is 1.00. The van der Waals surface area contributed by atoms with Crippen molar-refractivity contribution in [3.8, 4) is 0 Å². The lowest BCUT2D eigenvalue weighted by molar-refractivity contribution is 0.255. The van der Waals surface area contributed by atoms with Crippen LogP contribution < -0.4 is 5.32 Å². The van der Waals surface area contributed by atoms with Crippen molar-refractivity contribution in [1.82, 2.24) is 5.32 Å². The van der Waals surface area contributed by atoms with Crippen LogP contribution in [0.1, 0.15) is 39.5 Å². The number of hydrogen-bond acceptors (Lipinski definition) is 1. The molecule has 0 aliphatic carbocycles. The fourth-order valence-corrected chi connectivity index (χ4v) is 1.91. The summed E-state index contributed by atoms with van der Waals surface area (Å²) in [5.41, 5.74) is 0. The molecular formula is C10H21N. The normalized spacial score (nSPS) is 32.2. The average Bonchev–Trinajstić information content (AvgIpc) is 2.03. The summed E-state index contributed by atoms with van der Waals surface area (Å²) >= 11 is 0. The Morgan fingerprint density at radius 2 is 2.27 bits per heavy atom. The van der Waals surface area contributed by atoms with Crippen LogP contribution in [-0.2, 0) is 0 Å². The Morgan fingerprint density at radius 3 is 2.91 bits per heavy atom. The van der Waals surface area contributed by atoms with Crippen molar-refractivity contribution in [2.24, 2.45) is 11.8 Å². The van der Waals surface area contributed by atoms with E-state index >= 15 is 0 Å². The van der Waals surface area contributed by atoms with E-state index in [-0.39, 0.29) is 0 Å². The molecule has 1 fully saturated rings.